The summed E-state index contributed by atoms with van der Waals surface area (Å²) >= 11 is 1.65. The molecule has 3 heterocycles. The van der Waals surface area contributed by atoms with Crippen molar-refractivity contribution >= 4 is 45.2 Å². The summed E-state index contributed by atoms with van der Waals surface area (Å²) in [6.45, 7) is 2.01. The fraction of sp³-hybridized carbons (Fsp3) is 0.0435. The minimum Gasteiger partial charge on any atom is -0.337 e. The van der Waals surface area contributed by atoms with E-state index in [2.05, 4.69) is 26.5 Å². The fourth-order valence-electron chi connectivity index (χ4n) is 3.14. The van der Waals surface area contributed by atoms with Gasteiger partial charge in [0, 0.05) is 40.9 Å². The van der Waals surface area contributed by atoms with Crippen LogP contribution in [0.1, 0.15) is 5.56 Å². The molecule has 31 heavy (non-hydrogen) atoms. The van der Waals surface area contributed by atoms with E-state index >= 15 is 0 Å². The lowest BCUT2D eigenvalue weighted by atomic mass is 10.2. The van der Waals surface area contributed by atoms with Crippen LogP contribution in [0.25, 0.3) is 16.9 Å². The number of fused-ring (bicyclic) bond motifs is 1. The number of aromatic nitrogens is 3. The molecule has 3 aromatic heterocycles. The van der Waals surface area contributed by atoms with E-state index < -0.39 is 11.0 Å². The summed E-state index contributed by atoms with van der Waals surface area (Å²) in [7, 11) is -1.31. The van der Waals surface area contributed by atoms with Crippen LogP contribution in [0.3, 0.4) is 0 Å². The van der Waals surface area contributed by atoms with Crippen molar-refractivity contribution in [3.05, 3.63) is 89.5 Å². The standard InChI is InChI=1S/C23H19N5OS2/c1-16-2-8-20(9-3-16)31(29)27-19-6-4-18(5-7-19)25-22-23-26-21(17-10-13-30-15-17)14-28(23)12-11-24-22/h2-15,27H,1H3,(H,24,25). The molecule has 2 aromatic carbocycles. The molecule has 5 rings (SSSR count). The van der Waals surface area contributed by atoms with Crippen LogP contribution >= 0.6 is 11.3 Å². The van der Waals surface area contributed by atoms with Crippen molar-refractivity contribution in [1.29, 1.82) is 0 Å². The predicted octanol–water partition coefficient (Wildman–Crippen LogP) is 5.64. The molecule has 8 heteroatoms. The second-order valence-electron chi connectivity index (χ2n) is 7.03. The normalized spacial score (nSPS) is 12.0. The molecule has 0 saturated heterocycles. The Morgan fingerprint density at radius 1 is 1.00 bits per heavy atom. The Morgan fingerprint density at radius 2 is 1.77 bits per heavy atom. The van der Waals surface area contributed by atoms with Crippen molar-refractivity contribution in [2.24, 2.45) is 0 Å². The smallest absolute Gasteiger partial charge is 0.181 e. The van der Waals surface area contributed by atoms with E-state index in [9.17, 15) is 4.21 Å². The first-order chi connectivity index (χ1) is 15.2. The van der Waals surface area contributed by atoms with E-state index in [1.807, 2.05) is 77.6 Å². The number of hydrogen-bond donors (Lipinski definition) is 2. The Labute approximate surface area is 186 Å². The molecule has 1 unspecified atom stereocenters. The van der Waals surface area contributed by atoms with Crippen LogP contribution in [0.2, 0.25) is 0 Å². The number of thiophene rings is 1. The summed E-state index contributed by atoms with van der Waals surface area (Å²) in [5.41, 5.74) is 5.54. The Kier molecular flexibility index (Phi) is 5.23. The van der Waals surface area contributed by atoms with Gasteiger partial charge in [0.15, 0.2) is 11.5 Å². The second-order valence-corrected chi connectivity index (χ2v) is 9.02. The number of benzene rings is 2. The van der Waals surface area contributed by atoms with Crippen LogP contribution in [-0.4, -0.2) is 18.6 Å². The zero-order chi connectivity index (χ0) is 21.2. The van der Waals surface area contributed by atoms with Gasteiger partial charge >= 0.3 is 0 Å². The van der Waals surface area contributed by atoms with E-state index in [1.165, 1.54) is 0 Å². The monoisotopic (exact) mass is 445 g/mol. The molecule has 1 atom stereocenters. The van der Waals surface area contributed by atoms with E-state index in [-0.39, 0.29) is 0 Å². The number of hydrogen-bond acceptors (Lipinski definition) is 5. The maximum Gasteiger partial charge on any atom is 0.181 e. The Hall–Kier alpha value is -3.49. The zero-order valence-electron chi connectivity index (χ0n) is 16.6. The molecule has 2 N–H and O–H groups in total. The van der Waals surface area contributed by atoms with Crippen LogP contribution in [-0.2, 0) is 11.0 Å². The maximum absolute atomic E-state index is 12.5. The van der Waals surface area contributed by atoms with Gasteiger partial charge in [-0.1, -0.05) is 17.7 Å². The van der Waals surface area contributed by atoms with Crippen molar-refractivity contribution in [3.63, 3.8) is 0 Å². The lowest BCUT2D eigenvalue weighted by Gasteiger charge is -2.09. The fourth-order valence-corrected chi connectivity index (χ4v) is 4.64. The quantitative estimate of drug-likeness (QED) is 0.355. The highest BCUT2D eigenvalue weighted by Crippen LogP contribution is 2.26. The largest absolute Gasteiger partial charge is 0.337 e. The molecule has 0 aliphatic rings. The van der Waals surface area contributed by atoms with Gasteiger partial charge in [0.05, 0.1) is 10.6 Å². The SMILES string of the molecule is Cc1ccc(S(=O)Nc2ccc(Nc3nccn4cc(-c5ccsc5)nc34)cc2)cc1. The van der Waals surface area contributed by atoms with Gasteiger partial charge in [-0.3, -0.25) is 0 Å². The Bertz CT molecular complexity index is 1340. The van der Waals surface area contributed by atoms with Crippen LogP contribution in [0.15, 0.2) is 88.8 Å². The summed E-state index contributed by atoms with van der Waals surface area (Å²) in [4.78, 5) is 9.94. The molecule has 0 aliphatic heterocycles. The third-order valence-corrected chi connectivity index (χ3v) is 6.59. The second kappa shape index (κ2) is 8.33. The van der Waals surface area contributed by atoms with E-state index in [0.717, 1.165) is 38.7 Å². The van der Waals surface area contributed by atoms with Gasteiger partial charge in [-0.15, -0.1) is 0 Å². The molecule has 5 aromatic rings. The number of rotatable bonds is 6. The molecule has 0 bridgehead atoms. The molecule has 0 spiro atoms. The van der Waals surface area contributed by atoms with E-state index in [4.69, 9.17) is 4.98 Å². The van der Waals surface area contributed by atoms with Crippen molar-refractivity contribution in [1.82, 2.24) is 14.4 Å². The minimum atomic E-state index is -1.31. The first-order valence-electron chi connectivity index (χ1n) is 9.64. The number of aryl methyl sites for hydroxylation is 1. The van der Waals surface area contributed by atoms with Gasteiger partial charge in [-0.25, -0.2) is 14.2 Å². The number of nitrogens with one attached hydrogen (secondary N) is 2. The first-order valence-corrected chi connectivity index (χ1v) is 11.7. The van der Waals surface area contributed by atoms with Gasteiger partial charge in [-0.05, 0) is 54.8 Å². The van der Waals surface area contributed by atoms with Crippen molar-refractivity contribution in [2.45, 2.75) is 11.8 Å². The molecule has 0 radical (unpaired) electrons. The van der Waals surface area contributed by atoms with Gasteiger partial charge in [-0.2, -0.15) is 11.3 Å². The third-order valence-electron chi connectivity index (χ3n) is 4.79. The molecule has 154 valence electrons. The van der Waals surface area contributed by atoms with Gasteiger partial charge in [0.1, 0.15) is 11.0 Å². The third kappa shape index (κ3) is 4.21. The first kappa shape index (κ1) is 19.5. The van der Waals surface area contributed by atoms with E-state index in [0.29, 0.717) is 5.82 Å². The maximum atomic E-state index is 12.5. The summed E-state index contributed by atoms with van der Waals surface area (Å²) in [6, 6.07) is 17.3. The van der Waals surface area contributed by atoms with Crippen LogP contribution in [0.4, 0.5) is 17.2 Å². The van der Waals surface area contributed by atoms with Crippen molar-refractivity contribution in [2.75, 3.05) is 10.0 Å². The van der Waals surface area contributed by atoms with E-state index in [1.54, 1.807) is 17.5 Å². The topological polar surface area (TPSA) is 71.3 Å². The van der Waals surface area contributed by atoms with Crippen LogP contribution in [0, 0.1) is 6.92 Å². The number of anilines is 3. The van der Waals surface area contributed by atoms with Crippen molar-refractivity contribution < 1.29 is 4.21 Å². The van der Waals surface area contributed by atoms with Gasteiger partial charge in [0.2, 0.25) is 0 Å². The Balaban J connectivity index is 1.33. The lowest BCUT2D eigenvalue weighted by Crippen LogP contribution is -2.04. The predicted molar refractivity (Wildman–Crippen MR) is 127 cm³/mol. The highest BCUT2D eigenvalue weighted by molar-refractivity contribution is 7.86. The number of imidazole rings is 1. The summed E-state index contributed by atoms with van der Waals surface area (Å²) in [5, 5.41) is 7.45. The van der Waals surface area contributed by atoms with Crippen LogP contribution < -0.4 is 10.0 Å². The highest BCUT2D eigenvalue weighted by Gasteiger charge is 2.10. The lowest BCUT2D eigenvalue weighted by molar-refractivity contribution is 0.686. The summed E-state index contributed by atoms with van der Waals surface area (Å²) in [5.74, 6) is 0.674. The van der Waals surface area contributed by atoms with Crippen LogP contribution in [0.5, 0.6) is 0 Å². The Morgan fingerprint density at radius 3 is 2.52 bits per heavy atom. The zero-order valence-corrected chi connectivity index (χ0v) is 18.3. The highest BCUT2D eigenvalue weighted by atomic mass is 32.2. The molecule has 6 nitrogen and oxygen atoms in total. The number of nitrogens with zero attached hydrogens (tertiary/aromatic N) is 3. The van der Waals surface area contributed by atoms with Gasteiger partial charge < -0.3 is 14.4 Å². The summed E-state index contributed by atoms with van der Waals surface area (Å²) < 4.78 is 17.5. The average Bonchev–Trinajstić information content (AvgIpc) is 3.46. The molecule has 0 saturated carbocycles. The van der Waals surface area contributed by atoms with Crippen molar-refractivity contribution in [3.8, 4) is 11.3 Å². The summed E-state index contributed by atoms with van der Waals surface area (Å²) in [6.07, 6.45) is 5.63. The molecule has 0 amide bonds. The molecular formula is C23H19N5OS2. The molecule has 0 aliphatic carbocycles. The van der Waals surface area contributed by atoms with Gasteiger partial charge in [0.25, 0.3) is 0 Å². The average molecular weight is 446 g/mol. The molecule has 0 fully saturated rings. The molecular weight excluding hydrogens is 426 g/mol. The minimum absolute atomic E-state index is 0.674.